The van der Waals surface area contributed by atoms with E-state index < -0.39 is 39.9 Å². The molecule has 1 aromatic rings. The molecule has 1 heterocycles. The van der Waals surface area contributed by atoms with Gasteiger partial charge in [-0.15, -0.1) is 0 Å². The van der Waals surface area contributed by atoms with Crippen molar-refractivity contribution in [1.29, 1.82) is 0 Å². The maximum absolute atomic E-state index is 11.3. The number of phosphoric ester groups is 1. The Balaban J connectivity index is 3.10. The molecule has 0 bridgehead atoms. The number of aliphatic hydroxyl groups excluding tert-OH is 2. The first-order valence-electron chi connectivity index (χ1n) is 5.21. The van der Waals surface area contributed by atoms with Crippen molar-refractivity contribution in [3.8, 4) is 5.75 Å². The highest BCUT2D eigenvalue weighted by molar-refractivity contribution is 7.60. The molecule has 13 heteroatoms. The van der Waals surface area contributed by atoms with Gasteiger partial charge >= 0.3 is 15.6 Å². The molecule has 11 nitrogen and oxygen atoms in total. The van der Waals surface area contributed by atoms with Crippen molar-refractivity contribution in [3.63, 3.8) is 0 Å². The topological polar surface area (TPSA) is 187 Å². The maximum Gasteiger partial charge on any atom is 0.483 e. The van der Waals surface area contributed by atoms with Gasteiger partial charge in [0.1, 0.15) is 5.75 Å². The second-order valence-corrected chi connectivity index (χ2v) is 6.57. The predicted molar refractivity (Wildman–Crippen MR) is 65.6 cm³/mol. The Kier molecular flexibility index (Phi) is 5.62. The lowest BCUT2D eigenvalue weighted by Crippen LogP contribution is -2.08. The van der Waals surface area contributed by atoms with E-state index in [1.807, 2.05) is 0 Å². The third-order valence-electron chi connectivity index (χ3n) is 2.22. The number of hydrogen-bond acceptors (Lipinski definition) is 8. The normalized spacial score (nSPS) is 16.5. The molecule has 1 rings (SSSR count). The monoisotopic (exact) mass is 345 g/mol. The van der Waals surface area contributed by atoms with Gasteiger partial charge in [-0.05, 0) is 6.92 Å². The van der Waals surface area contributed by atoms with Crippen LogP contribution in [0.25, 0.3) is 0 Å². The molecule has 1 aromatic heterocycles. The Morgan fingerprint density at radius 1 is 1.33 bits per heavy atom. The number of aliphatic hydroxyl groups is 2. The van der Waals surface area contributed by atoms with E-state index in [4.69, 9.17) is 19.8 Å². The molecule has 21 heavy (non-hydrogen) atoms. The molecule has 0 aliphatic carbocycles. The minimum absolute atomic E-state index is 0.0218. The van der Waals surface area contributed by atoms with E-state index in [2.05, 4.69) is 13.8 Å². The van der Waals surface area contributed by atoms with Gasteiger partial charge in [-0.1, -0.05) is 0 Å². The molecule has 0 amide bonds. The highest BCUT2D eigenvalue weighted by Gasteiger charge is 2.36. The van der Waals surface area contributed by atoms with Crippen molar-refractivity contribution in [2.75, 3.05) is 0 Å². The van der Waals surface area contributed by atoms with Crippen LogP contribution >= 0.6 is 15.6 Å². The zero-order valence-corrected chi connectivity index (χ0v) is 12.3. The SMILES string of the molecule is Cc1ncc(CO)c(C(O)OP(=O)(O)OP(=O)(O)O)c1O. The molecule has 0 aliphatic rings. The lowest BCUT2D eigenvalue weighted by molar-refractivity contribution is -0.0409. The first kappa shape index (κ1) is 18.2. The standard InChI is InChI=1S/C8H13NO10P2/c1-4-7(11)6(5(3-10)2-9-4)8(12)18-21(16,17)19-20(13,14)15/h2,8,10-12H,3H2,1H3,(H,16,17)(H2,13,14,15). The first-order chi connectivity index (χ1) is 9.47. The van der Waals surface area contributed by atoms with Crippen molar-refractivity contribution in [2.24, 2.45) is 0 Å². The first-order valence-corrected chi connectivity index (χ1v) is 8.24. The molecule has 0 saturated carbocycles. The van der Waals surface area contributed by atoms with Gasteiger partial charge in [0.05, 0.1) is 17.9 Å². The van der Waals surface area contributed by atoms with Gasteiger partial charge in [0.15, 0.2) is 6.29 Å². The minimum atomic E-state index is -5.35. The van der Waals surface area contributed by atoms with E-state index in [0.717, 1.165) is 6.20 Å². The van der Waals surface area contributed by atoms with Crippen LogP contribution in [0.3, 0.4) is 0 Å². The quantitative estimate of drug-likeness (QED) is 0.296. The zero-order valence-electron chi connectivity index (χ0n) is 10.5. The highest BCUT2D eigenvalue weighted by Crippen LogP contribution is 2.59. The van der Waals surface area contributed by atoms with Crippen LogP contribution < -0.4 is 0 Å². The van der Waals surface area contributed by atoms with Crippen LogP contribution in [0.5, 0.6) is 5.75 Å². The second kappa shape index (κ2) is 6.49. The summed E-state index contributed by atoms with van der Waals surface area (Å²) >= 11 is 0. The summed E-state index contributed by atoms with van der Waals surface area (Å²) < 4.78 is 29.4. The Labute approximate surface area is 118 Å². The van der Waals surface area contributed by atoms with E-state index in [-0.39, 0.29) is 11.3 Å². The largest absolute Gasteiger partial charge is 0.506 e. The van der Waals surface area contributed by atoms with Gasteiger partial charge < -0.3 is 30.0 Å². The van der Waals surface area contributed by atoms with Crippen LogP contribution in [-0.4, -0.2) is 35.0 Å². The molecule has 2 atom stereocenters. The lowest BCUT2D eigenvalue weighted by Gasteiger charge is -2.19. The summed E-state index contributed by atoms with van der Waals surface area (Å²) in [6, 6.07) is 0. The zero-order chi connectivity index (χ0) is 16.4. The lowest BCUT2D eigenvalue weighted by atomic mass is 10.1. The predicted octanol–water partition coefficient (Wildman–Crippen LogP) is -0.195. The fourth-order valence-electron chi connectivity index (χ4n) is 1.39. The highest BCUT2D eigenvalue weighted by atomic mass is 31.3. The van der Waals surface area contributed by atoms with E-state index >= 15 is 0 Å². The summed E-state index contributed by atoms with van der Waals surface area (Å²) in [5.74, 6) is -0.620. The van der Waals surface area contributed by atoms with Gasteiger partial charge in [0.2, 0.25) is 0 Å². The van der Waals surface area contributed by atoms with Crippen molar-refractivity contribution in [1.82, 2.24) is 4.98 Å². The second-order valence-electron chi connectivity index (χ2n) is 3.79. The van der Waals surface area contributed by atoms with Crippen LogP contribution in [0.2, 0.25) is 0 Å². The molecule has 0 aromatic carbocycles. The third kappa shape index (κ3) is 5.11. The van der Waals surface area contributed by atoms with Gasteiger partial charge in [0, 0.05) is 11.8 Å². The van der Waals surface area contributed by atoms with Gasteiger partial charge in [-0.25, -0.2) is 9.13 Å². The number of rotatable bonds is 6. The van der Waals surface area contributed by atoms with E-state index in [9.17, 15) is 19.3 Å². The number of pyridine rings is 1. The molecular formula is C8H13NO10P2. The molecule has 0 aliphatic heterocycles. The fraction of sp³-hybridized carbons (Fsp3) is 0.375. The number of aryl methyl sites for hydroxylation is 1. The number of phosphoric acid groups is 2. The average molecular weight is 345 g/mol. The summed E-state index contributed by atoms with van der Waals surface area (Å²) in [4.78, 5) is 29.7. The number of hydrogen-bond donors (Lipinski definition) is 6. The summed E-state index contributed by atoms with van der Waals surface area (Å²) in [7, 11) is -10.7. The van der Waals surface area contributed by atoms with Crippen LogP contribution in [0.15, 0.2) is 6.20 Å². The Hall–Kier alpha value is -0.870. The van der Waals surface area contributed by atoms with Gasteiger partial charge in [0.25, 0.3) is 0 Å². The Bertz CT molecular complexity index is 613. The van der Waals surface area contributed by atoms with E-state index in [1.165, 1.54) is 6.92 Å². The van der Waals surface area contributed by atoms with Crippen LogP contribution in [0.1, 0.15) is 23.1 Å². The molecule has 0 spiro atoms. The smallest absolute Gasteiger partial charge is 0.483 e. The number of nitrogens with zero attached hydrogens (tertiary/aromatic N) is 1. The number of aromatic hydroxyl groups is 1. The molecule has 0 radical (unpaired) electrons. The fourth-order valence-corrected chi connectivity index (χ4v) is 2.97. The minimum Gasteiger partial charge on any atom is -0.506 e. The summed E-state index contributed by atoms with van der Waals surface area (Å²) in [5.41, 5.74) is -0.580. The molecule has 120 valence electrons. The Morgan fingerprint density at radius 2 is 1.90 bits per heavy atom. The molecular weight excluding hydrogens is 332 g/mol. The van der Waals surface area contributed by atoms with E-state index in [0.29, 0.717) is 0 Å². The maximum atomic E-state index is 11.3. The molecule has 2 unspecified atom stereocenters. The third-order valence-corrected chi connectivity index (χ3v) is 4.36. The summed E-state index contributed by atoms with van der Waals surface area (Å²) in [6.45, 7) is 0.656. The average Bonchev–Trinajstić information content (AvgIpc) is 2.28. The van der Waals surface area contributed by atoms with Crippen molar-refractivity contribution >= 4 is 15.6 Å². The molecule has 0 saturated heterocycles. The Morgan fingerprint density at radius 3 is 2.38 bits per heavy atom. The van der Waals surface area contributed by atoms with E-state index in [1.54, 1.807) is 0 Å². The van der Waals surface area contributed by atoms with Crippen LogP contribution in [0, 0.1) is 6.92 Å². The number of aromatic nitrogens is 1. The summed E-state index contributed by atoms with van der Waals surface area (Å²) in [5, 5.41) is 28.5. The molecule has 0 fully saturated rings. The van der Waals surface area contributed by atoms with Crippen molar-refractivity contribution < 1.29 is 48.0 Å². The van der Waals surface area contributed by atoms with Crippen LogP contribution in [0.4, 0.5) is 0 Å². The van der Waals surface area contributed by atoms with Gasteiger partial charge in [-0.2, -0.15) is 4.31 Å². The van der Waals surface area contributed by atoms with Crippen molar-refractivity contribution in [3.05, 3.63) is 23.0 Å². The van der Waals surface area contributed by atoms with Crippen molar-refractivity contribution in [2.45, 2.75) is 19.8 Å². The summed E-state index contributed by atoms with van der Waals surface area (Å²) in [6.07, 6.45) is -1.22. The van der Waals surface area contributed by atoms with Gasteiger partial charge in [-0.3, -0.25) is 9.51 Å². The molecule has 6 N–H and O–H groups in total. The van der Waals surface area contributed by atoms with Crippen LogP contribution in [-0.2, 0) is 24.6 Å².